The molecule has 0 aliphatic carbocycles. The molecule has 0 fully saturated rings. The smallest absolute Gasteiger partial charge is 0.0845 e. The van der Waals surface area contributed by atoms with Crippen LogP contribution >= 0.6 is 0 Å². The first-order chi connectivity index (χ1) is 5.77. The van der Waals surface area contributed by atoms with Gasteiger partial charge in [0.1, 0.15) is 0 Å². The number of nitrogens with zero attached hydrogens (tertiary/aromatic N) is 1. The van der Waals surface area contributed by atoms with E-state index in [9.17, 15) is 0 Å². The Morgan fingerprint density at radius 3 is 3.17 bits per heavy atom. The van der Waals surface area contributed by atoms with Gasteiger partial charge in [0.25, 0.3) is 0 Å². The maximum Gasteiger partial charge on any atom is 0.0845 e. The van der Waals surface area contributed by atoms with Crippen molar-refractivity contribution >= 4 is 0 Å². The maximum absolute atomic E-state index is 3.27. The Morgan fingerprint density at radius 2 is 2.33 bits per heavy atom. The molecule has 0 aromatic carbocycles. The molecule has 0 radical (unpaired) electrons. The molecule has 0 aromatic rings. The van der Waals surface area contributed by atoms with Gasteiger partial charge in [0, 0.05) is 30.7 Å². The van der Waals surface area contributed by atoms with E-state index in [1.165, 1.54) is 17.0 Å². The third kappa shape index (κ3) is 1.07. The van der Waals surface area contributed by atoms with Gasteiger partial charge in [0.15, 0.2) is 0 Å². The Bertz CT molecular complexity index is 286. The van der Waals surface area contributed by atoms with Crippen molar-refractivity contribution in [3.8, 4) is 0 Å². The monoisotopic (exact) mass is 163 g/mol. The molecule has 0 saturated carbocycles. The Hall–Kier alpha value is -1.38. The van der Waals surface area contributed by atoms with Crippen molar-refractivity contribution in [1.82, 2.24) is 15.5 Å². The van der Waals surface area contributed by atoms with Crippen LogP contribution in [0.5, 0.6) is 0 Å². The van der Waals surface area contributed by atoms with Crippen LogP contribution in [-0.4, -0.2) is 18.6 Å². The molecule has 0 saturated heterocycles. The third-order valence-electron chi connectivity index (χ3n) is 2.19. The van der Waals surface area contributed by atoms with Gasteiger partial charge >= 0.3 is 0 Å². The predicted molar refractivity (Wildman–Crippen MR) is 48.8 cm³/mol. The van der Waals surface area contributed by atoms with Crippen molar-refractivity contribution in [3.63, 3.8) is 0 Å². The molecule has 2 heterocycles. The zero-order valence-electron chi connectivity index (χ0n) is 7.39. The summed E-state index contributed by atoms with van der Waals surface area (Å²) in [4.78, 5) is 2.12. The van der Waals surface area contributed by atoms with Crippen molar-refractivity contribution in [2.24, 2.45) is 0 Å². The molecule has 0 spiro atoms. The molecule has 2 N–H and O–H groups in total. The molecule has 64 valence electrons. The number of fused-ring (bicyclic) bond motifs is 1. The van der Waals surface area contributed by atoms with E-state index in [1.807, 2.05) is 6.20 Å². The third-order valence-corrected chi connectivity index (χ3v) is 2.19. The summed E-state index contributed by atoms with van der Waals surface area (Å²) in [6, 6.07) is 0. The minimum absolute atomic E-state index is 0.816. The zero-order chi connectivity index (χ0) is 8.55. The minimum Gasteiger partial charge on any atom is -0.373 e. The average molecular weight is 163 g/mol. The highest BCUT2D eigenvalue weighted by Gasteiger charge is 2.13. The lowest BCUT2D eigenvalue weighted by Crippen LogP contribution is -2.33. The highest BCUT2D eigenvalue weighted by molar-refractivity contribution is 5.44. The summed E-state index contributed by atoms with van der Waals surface area (Å²) >= 11 is 0. The SMILES string of the molecule is CC1=CC2=CNCNC2=CN1C. The van der Waals surface area contributed by atoms with Gasteiger partial charge in [-0.1, -0.05) is 0 Å². The molecular weight excluding hydrogens is 150 g/mol. The van der Waals surface area contributed by atoms with Crippen molar-refractivity contribution in [2.45, 2.75) is 6.92 Å². The van der Waals surface area contributed by atoms with Gasteiger partial charge in [-0.2, -0.15) is 0 Å². The van der Waals surface area contributed by atoms with Crippen LogP contribution in [0.1, 0.15) is 6.92 Å². The molecule has 2 aliphatic rings. The molecule has 0 amide bonds. The molecule has 2 rings (SSSR count). The van der Waals surface area contributed by atoms with Gasteiger partial charge in [-0.15, -0.1) is 0 Å². The molecule has 3 nitrogen and oxygen atoms in total. The summed E-state index contributed by atoms with van der Waals surface area (Å²) in [7, 11) is 2.05. The van der Waals surface area contributed by atoms with Gasteiger partial charge < -0.3 is 15.5 Å². The molecule has 12 heavy (non-hydrogen) atoms. The number of rotatable bonds is 0. The second-order valence-electron chi connectivity index (χ2n) is 3.10. The Balaban J connectivity index is 2.35. The summed E-state index contributed by atoms with van der Waals surface area (Å²) in [6.45, 7) is 2.92. The normalized spacial score (nSPS) is 21.2. The molecular formula is C9H13N3. The van der Waals surface area contributed by atoms with Crippen molar-refractivity contribution < 1.29 is 0 Å². The highest BCUT2D eigenvalue weighted by Crippen LogP contribution is 2.20. The van der Waals surface area contributed by atoms with E-state index >= 15 is 0 Å². The molecule has 3 heteroatoms. The first-order valence-electron chi connectivity index (χ1n) is 4.08. The van der Waals surface area contributed by atoms with Crippen LogP contribution in [0.2, 0.25) is 0 Å². The van der Waals surface area contributed by atoms with Crippen LogP contribution in [0.25, 0.3) is 0 Å². The minimum atomic E-state index is 0.816. The number of allylic oxidation sites excluding steroid dienone is 2. The second-order valence-corrected chi connectivity index (χ2v) is 3.10. The fourth-order valence-corrected chi connectivity index (χ4v) is 1.35. The topological polar surface area (TPSA) is 27.3 Å². The van der Waals surface area contributed by atoms with E-state index in [2.05, 4.69) is 41.8 Å². The van der Waals surface area contributed by atoms with Gasteiger partial charge in [0.2, 0.25) is 0 Å². The van der Waals surface area contributed by atoms with Crippen LogP contribution in [0.15, 0.2) is 35.4 Å². The Labute approximate surface area is 72.4 Å². The quantitative estimate of drug-likeness (QED) is 0.551. The van der Waals surface area contributed by atoms with Crippen LogP contribution in [-0.2, 0) is 0 Å². The summed E-state index contributed by atoms with van der Waals surface area (Å²) in [5.74, 6) is 0. The number of hydrogen-bond donors (Lipinski definition) is 2. The summed E-state index contributed by atoms with van der Waals surface area (Å²) in [6.07, 6.45) is 6.31. The lowest BCUT2D eigenvalue weighted by molar-refractivity contribution is 0.542. The van der Waals surface area contributed by atoms with E-state index in [0.29, 0.717) is 0 Å². The van der Waals surface area contributed by atoms with Crippen LogP contribution in [0.3, 0.4) is 0 Å². The number of hydrogen-bond acceptors (Lipinski definition) is 3. The Kier molecular flexibility index (Phi) is 1.57. The largest absolute Gasteiger partial charge is 0.373 e. The predicted octanol–water partition coefficient (Wildman–Crippen LogP) is 0.711. The molecule has 0 unspecified atom stereocenters. The van der Waals surface area contributed by atoms with Crippen LogP contribution in [0, 0.1) is 0 Å². The molecule has 0 bridgehead atoms. The van der Waals surface area contributed by atoms with E-state index in [4.69, 9.17) is 0 Å². The first-order valence-corrected chi connectivity index (χ1v) is 4.08. The number of nitrogens with one attached hydrogen (secondary N) is 2. The van der Waals surface area contributed by atoms with Crippen LogP contribution < -0.4 is 10.6 Å². The summed E-state index contributed by atoms with van der Waals surface area (Å²) in [5, 5.41) is 6.41. The lowest BCUT2D eigenvalue weighted by atomic mass is 10.1. The summed E-state index contributed by atoms with van der Waals surface area (Å²) in [5.41, 5.74) is 3.69. The molecule has 0 aromatic heterocycles. The van der Waals surface area contributed by atoms with E-state index in [0.717, 1.165) is 6.67 Å². The van der Waals surface area contributed by atoms with Crippen molar-refractivity contribution in [1.29, 1.82) is 0 Å². The maximum atomic E-state index is 3.27. The lowest BCUT2D eigenvalue weighted by Gasteiger charge is -2.27. The zero-order valence-corrected chi connectivity index (χ0v) is 7.39. The Morgan fingerprint density at radius 1 is 1.50 bits per heavy atom. The van der Waals surface area contributed by atoms with Crippen molar-refractivity contribution in [2.75, 3.05) is 13.7 Å². The molecule has 0 atom stereocenters. The standard InChI is InChI=1S/C9H13N3/c1-7-3-8-4-10-6-11-9(8)5-12(7)2/h3-5,10-11H,6H2,1-2H3. The second kappa shape index (κ2) is 2.59. The van der Waals surface area contributed by atoms with E-state index < -0.39 is 0 Å². The molecule has 2 aliphatic heterocycles. The fraction of sp³-hybridized carbons (Fsp3) is 0.333. The van der Waals surface area contributed by atoms with Gasteiger partial charge in [-0.3, -0.25) is 0 Å². The summed E-state index contributed by atoms with van der Waals surface area (Å²) < 4.78 is 0. The van der Waals surface area contributed by atoms with Crippen molar-refractivity contribution in [3.05, 3.63) is 35.4 Å². The van der Waals surface area contributed by atoms with E-state index in [-0.39, 0.29) is 0 Å². The average Bonchev–Trinajstić information content (AvgIpc) is 2.07. The fourth-order valence-electron chi connectivity index (χ4n) is 1.35. The van der Waals surface area contributed by atoms with E-state index in [1.54, 1.807) is 0 Å². The van der Waals surface area contributed by atoms with Gasteiger partial charge in [-0.25, -0.2) is 0 Å². The van der Waals surface area contributed by atoms with Crippen LogP contribution in [0.4, 0.5) is 0 Å². The van der Waals surface area contributed by atoms with Gasteiger partial charge in [0.05, 0.1) is 12.4 Å². The van der Waals surface area contributed by atoms with Gasteiger partial charge in [-0.05, 0) is 13.0 Å². The highest BCUT2D eigenvalue weighted by atomic mass is 15.1. The first kappa shape index (κ1) is 7.28.